The van der Waals surface area contributed by atoms with Crippen LogP contribution in [0, 0.1) is 20.8 Å². The fourth-order valence-electron chi connectivity index (χ4n) is 2.43. The van der Waals surface area contributed by atoms with Crippen LogP contribution in [0.15, 0.2) is 12.1 Å². The van der Waals surface area contributed by atoms with Crippen molar-refractivity contribution in [3.8, 4) is 0 Å². The van der Waals surface area contributed by atoms with E-state index in [0.717, 1.165) is 13.0 Å². The van der Waals surface area contributed by atoms with Crippen LogP contribution >= 0.6 is 0 Å². The predicted octanol–water partition coefficient (Wildman–Crippen LogP) is 3.05. The largest absolute Gasteiger partial charge is 0.379 e. The standard InChI is InChI=1S/C16H27NO2/c1-5-6-18-7-8-19-11-15(17)16-13(3)9-12(2)10-14(16)4/h9-10,15H,5-8,11,17H2,1-4H3. The van der Waals surface area contributed by atoms with Gasteiger partial charge in [0.05, 0.1) is 25.9 Å². The molecule has 0 amide bonds. The van der Waals surface area contributed by atoms with Gasteiger partial charge in [-0.25, -0.2) is 0 Å². The summed E-state index contributed by atoms with van der Waals surface area (Å²) < 4.78 is 11.0. The Kier molecular flexibility index (Phi) is 7.06. The first kappa shape index (κ1) is 16.2. The van der Waals surface area contributed by atoms with Crippen molar-refractivity contribution < 1.29 is 9.47 Å². The van der Waals surface area contributed by atoms with Gasteiger partial charge in [-0.3, -0.25) is 0 Å². The van der Waals surface area contributed by atoms with Crippen LogP contribution in [0.5, 0.6) is 0 Å². The Hall–Kier alpha value is -0.900. The number of rotatable bonds is 8. The molecule has 1 atom stereocenters. The maximum atomic E-state index is 6.22. The molecule has 0 saturated heterocycles. The topological polar surface area (TPSA) is 44.5 Å². The lowest BCUT2D eigenvalue weighted by atomic mass is 9.95. The molecule has 0 heterocycles. The van der Waals surface area contributed by atoms with Crippen molar-refractivity contribution in [3.63, 3.8) is 0 Å². The minimum atomic E-state index is -0.0632. The second-order valence-corrected chi connectivity index (χ2v) is 5.11. The van der Waals surface area contributed by atoms with Crippen LogP contribution in [-0.2, 0) is 9.47 Å². The van der Waals surface area contributed by atoms with E-state index in [9.17, 15) is 0 Å². The Labute approximate surface area is 117 Å². The van der Waals surface area contributed by atoms with Gasteiger partial charge in [-0.2, -0.15) is 0 Å². The van der Waals surface area contributed by atoms with Gasteiger partial charge in [0, 0.05) is 6.61 Å². The maximum absolute atomic E-state index is 6.22. The zero-order valence-corrected chi connectivity index (χ0v) is 12.7. The highest BCUT2D eigenvalue weighted by Crippen LogP contribution is 2.22. The van der Waals surface area contributed by atoms with Crippen molar-refractivity contribution >= 4 is 0 Å². The molecule has 0 radical (unpaired) electrons. The molecule has 0 aromatic heterocycles. The van der Waals surface area contributed by atoms with Crippen LogP contribution in [-0.4, -0.2) is 26.4 Å². The van der Waals surface area contributed by atoms with Crippen molar-refractivity contribution in [2.75, 3.05) is 26.4 Å². The fraction of sp³-hybridized carbons (Fsp3) is 0.625. The van der Waals surface area contributed by atoms with Crippen LogP contribution in [0.2, 0.25) is 0 Å². The third-order valence-electron chi connectivity index (χ3n) is 3.13. The smallest absolute Gasteiger partial charge is 0.0701 e. The molecule has 19 heavy (non-hydrogen) atoms. The molecule has 3 nitrogen and oxygen atoms in total. The van der Waals surface area contributed by atoms with Crippen molar-refractivity contribution in [3.05, 3.63) is 34.4 Å². The van der Waals surface area contributed by atoms with E-state index in [4.69, 9.17) is 15.2 Å². The average molecular weight is 265 g/mol. The van der Waals surface area contributed by atoms with Crippen LogP contribution < -0.4 is 5.73 Å². The number of benzene rings is 1. The molecule has 0 fully saturated rings. The molecule has 1 aromatic rings. The summed E-state index contributed by atoms with van der Waals surface area (Å²) in [5.41, 5.74) is 11.2. The highest BCUT2D eigenvalue weighted by molar-refractivity contribution is 5.39. The van der Waals surface area contributed by atoms with Gasteiger partial charge in [0.1, 0.15) is 0 Å². The number of aryl methyl sites for hydroxylation is 3. The van der Waals surface area contributed by atoms with E-state index in [-0.39, 0.29) is 6.04 Å². The van der Waals surface area contributed by atoms with E-state index in [1.54, 1.807) is 0 Å². The van der Waals surface area contributed by atoms with Crippen LogP contribution in [0.1, 0.15) is 41.6 Å². The zero-order valence-electron chi connectivity index (χ0n) is 12.7. The quantitative estimate of drug-likeness (QED) is 0.735. The van der Waals surface area contributed by atoms with Gasteiger partial charge < -0.3 is 15.2 Å². The van der Waals surface area contributed by atoms with E-state index in [1.807, 2.05) is 0 Å². The number of hydrogen-bond acceptors (Lipinski definition) is 3. The summed E-state index contributed by atoms with van der Waals surface area (Å²) in [6, 6.07) is 4.28. The monoisotopic (exact) mass is 265 g/mol. The molecular weight excluding hydrogens is 238 g/mol. The van der Waals surface area contributed by atoms with E-state index in [2.05, 4.69) is 39.8 Å². The SMILES string of the molecule is CCCOCCOCC(N)c1c(C)cc(C)cc1C. The van der Waals surface area contributed by atoms with Gasteiger partial charge in [0.2, 0.25) is 0 Å². The Morgan fingerprint density at radius 3 is 2.16 bits per heavy atom. The van der Waals surface area contributed by atoms with Gasteiger partial charge in [-0.15, -0.1) is 0 Å². The minimum Gasteiger partial charge on any atom is -0.379 e. The van der Waals surface area contributed by atoms with Crippen LogP contribution in [0.3, 0.4) is 0 Å². The Bertz CT molecular complexity index is 367. The van der Waals surface area contributed by atoms with Crippen molar-refractivity contribution in [1.82, 2.24) is 0 Å². The summed E-state index contributed by atoms with van der Waals surface area (Å²) in [6.07, 6.45) is 1.04. The van der Waals surface area contributed by atoms with Crippen molar-refractivity contribution in [2.24, 2.45) is 5.73 Å². The summed E-state index contributed by atoms with van der Waals surface area (Å²) in [4.78, 5) is 0. The van der Waals surface area contributed by atoms with E-state index >= 15 is 0 Å². The second kappa shape index (κ2) is 8.31. The van der Waals surface area contributed by atoms with Crippen molar-refractivity contribution in [1.29, 1.82) is 0 Å². The van der Waals surface area contributed by atoms with E-state index in [0.29, 0.717) is 19.8 Å². The summed E-state index contributed by atoms with van der Waals surface area (Å²) in [7, 11) is 0. The number of ether oxygens (including phenoxy) is 2. The molecule has 2 N–H and O–H groups in total. The number of nitrogens with two attached hydrogens (primary N) is 1. The molecule has 0 bridgehead atoms. The molecule has 0 spiro atoms. The predicted molar refractivity (Wildman–Crippen MR) is 79.5 cm³/mol. The van der Waals surface area contributed by atoms with Gasteiger partial charge >= 0.3 is 0 Å². The molecule has 1 aromatic carbocycles. The lowest BCUT2D eigenvalue weighted by Gasteiger charge is -2.18. The van der Waals surface area contributed by atoms with E-state index < -0.39 is 0 Å². The first-order valence-electron chi connectivity index (χ1n) is 7.05. The number of hydrogen-bond donors (Lipinski definition) is 1. The third-order valence-corrected chi connectivity index (χ3v) is 3.13. The highest BCUT2D eigenvalue weighted by Gasteiger charge is 2.12. The molecule has 0 aliphatic heterocycles. The summed E-state index contributed by atoms with van der Waals surface area (Å²) in [6.45, 7) is 11.0. The fourth-order valence-corrected chi connectivity index (χ4v) is 2.43. The summed E-state index contributed by atoms with van der Waals surface area (Å²) >= 11 is 0. The first-order chi connectivity index (χ1) is 9.06. The molecule has 3 heteroatoms. The summed E-state index contributed by atoms with van der Waals surface area (Å²) in [5, 5.41) is 0. The van der Waals surface area contributed by atoms with Gasteiger partial charge in [0.15, 0.2) is 0 Å². The maximum Gasteiger partial charge on any atom is 0.0701 e. The normalized spacial score (nSPS) is 12.7. The minimum absolute atomic E-state index is 0.0632. The molecular formula is C16H27NO2. The molecule has 0 aliphatic carbocycles. The molecule has 108 valence electrons. The van der Waals surface area contributed by atoms with Crippen molar-refractivity contribution in [2.45, 2.75) is 40.2 Å². The van der Waals surface area contributed by atoms with Gasteiger partial charge in [-0.05, 0) is 43.9 Å². The molecule has 0 aliphatic rings. The van der Waals surface area contributed by atoms with Crippen LogP contribution in [0.4, 0.5) is 0 Å². The molecule has 0 saturated carbocycles. The third kappa shape index (κ3) is 5.31. The van der Waals surface area contributed by atoms with Gasteiger partial charge in [0.25, 0.3) is 0 Å². The Balaban J connectivity index is 2.43. The highest BCUT2D eigenvalue weighted by atomic mass is 16.5. The lowest BCUT2D eigenvalue weighted by molar-refractivity contribution is 0.0427. The first-order valence-corrected chi connectivity index (χ1v) is 7.05. The van der Waals surface area contributed by atoms with E-state index in [1.165, 1.54) is 22.3 Å². The lowest BCUT2D eigenvalue weighted by Crippen LogP contribution is -2.21. The molecule has 1 rings (SSSR count). The second-order valence-electron chi connectivity index (χ2n) is 5.11. The van der Waals surface area contributed by atoms with Crippen LogP contribution in [0.25, 0.3) is 0 Å². The zero-order chi connectivity index (χ0) is 14.3. The molecule has 1 unspecified atom stereocenters. The Morgan fingerprint density at radius 1 is 1.00 bits per heavy atom. The Morgan fingerprint density at radius 2 is 1.58 bits per heavy atom. The van der Waals surface area contributed by atoms with Gasteiger partial charge in [-0.1, -0.05) is 24.6 Å². The average Bonchev–Trinajstić information content (AvgIpc) is 2.32. The summed E-state index contributed by atoms with van der Waals surface area (Å²) in [5.74, 6) is 0.